The number of hydrogen-bond donors (Lipinski definition) is 1. The van der Waals surface area contributed by atoms with Crippen molar-refractivity contribution in [3.05, 3.63) is 42.0 Å². The van der Waals surface area contributed by atoms with Crippen molar-refractivity contribution in [2.75, 3.05) is 19.3 Å². The number of carbonyl (C=O) groups is 1. The summed E-state index contributed by atoms with van der Waals surface area (Å²) >= 11 is 0. The van der Waals surface area contributed by atoms with E-state index in [1.165, 1.54) is 7.05 Å². The molecular weight excluding hydrogens is 312 g/mol. The van der Waals surface area contributed by atoms with Gasteiger partial charge in [-0.2, -0.15) is 0 Å². The highest BCUT2D eigenvalue weighted by Gasteiger charge is 2.26. The average Bonchev–Trinajstić information content (AvgIpc) is 2.79. The Bertz CT molecular complexity index is 641. The third kappa shape index (κ3) is 5.48. The van der Waals surface area contributed by atoms with Gasteiger partial charge in [-0.1, -0.05) is 55.3 Å². The van der Waals surface area contributed by atoms with E-state index in [0.717, 1.165) is 31.2 Å². The maximum atomic E-state index is 12.4. The zero-order valence-electron chi connectivity index (χ0n) is 13.4. The Hall–Kier alpha value is -1.66. The molecule has 1 aliphatic rings. The third-order valence-electron chi connectivity index (χ3n) is 4.05. The van der Waals surface area contributed by atoms with Gasteiger partial charge in [0.1, 0.15) is 5.75 Å². The van der Waals surface area contributed by atoms with Crippen molar-refractivity contribution in [3.63, 3.8) is 0 Å². The van der Waals surface area contributed by atoms with E-state index in [9.17, 15) is 13.2 Å². The molecule has 2 rings (SSSR count). The van der Waals surface area contributed by atoms with Gasteiger partial charge in [0.05, 0.1) is 6.04 Å². The lowest BCUT2D eigenvalue weighted by molar-refractivity contribution is -0.129. The van der Waals surface area contributed by atoms with Crippen LogP contribution in [0.15, 0.2) is 36.4 Å². The molecule has 1 aromatic rings. The van der Waals surface area contributed by atoms with E-state index in [4.69, 9.17) is 0 Å². The molecule has 1 aromatic carbocycles. The number of hydrogen-bond acceptors (Lipinski definition) is 3. The average molecular weight is 336 g/mol. The minimum absolute atomic E-state index is 0.0442. The maximum Gasteiger partial charge on any atom is 0.239 e. The van der Waals surface area contributed by atoms with Crippen molar-refractivity contribution in [2.24, 2.45) is 0 Å². The molecule has 1 saturated heterocycles. The fraction of sp³-hybridized carbons (Fsp3) is 0.471. The van der Waals surface area contributed by atoms with E-state index in [2.05, 4.69) is 4.72 Å². The molecule has 6 heteroatoms. The molecule has 1 aliphatic heterocycles. The molecule has 1 atom stereocenters. The van der Waals surface area contributed by atoms with Crippen LogP contribution in [-0.4, -0.2) is 44.6 Å². The normalized spacial score (nSPS) is 19.7. The summed E-state index contributed by atoms with van der Waals surface area (Å²) in [7, 11) is -2.20. The van der Waals surface area contributed by atoms with Gasteiger partial charge in [0, 0.05) is 6.54 Å². The monoisotopic (exact) mass is 336 g/mol. The maximum absolute atomic E-state index is 12.4. The first-order chi connectivity index (χ1) is 11.0. The summed E-state index contributed by atoms with van der Waals surface area (Å²) in [5.41, 5.74) is 1.08. The first-order valence-electron chi connectivity index (χ1n) is 7.96. The molecule has 0 radical (unpaired) electrons. The molecule has 1 unspecified atom stereocenters. The minimum Gasteiger partial charge on any atom is -0.335 e. The molecule has 5 nitrogen and oxygen atoms in total. The lowest BCUT2D eigenvalue weighted by Gasteiger charge is -2.28. The highest BCUT2D eigenvalue weighted by molar-refractivity contribution is 7.90. The van der Waals surface area contributed by atoms with Crippen LogP contribution in [0.2, 0.25) is 0 Å². The number of amides is 1. The van der Waals surface area contributed by atoms with Gasteiger partial charge in [-0.05, 0) is 25.5 Å². The molecule has 0 aliphatic carbocycles. The topological polar surface area (TPSA) is 66.5 Å². The molecule has 1 fully saturated rings. The van der Waals surface area contributed by atoms with E-state index >= 15 is 0 Å². The van der Waals surface area contributed by atoms with E-state index < -0.39 is 15.8 Å². The first kappa shape index (κ1) is 17.7. The SMILES string of the molecule is CNS(=O)(=O)CC(=O)N1CCCCCC1/C=C/c1ccccc1. The molecule has 126 valence electrons. The smallest absolute Gasteiger partial charge is 0.239 e. The molecule has 1 heterocycles. The highest BCUT2D eigenvalue weighted by atomic mass is 32.2. The van der Waals surface area contributed by atoms with Crippen LogP contribution >= 0.6 is 0 Å². The third-order valence-corrected chi connectivity index (χ3v) is 5.30. The summed E-state index contributed by atoms with van der Waals surface area (Å²) in [5, 5.41) is 0. The quantitative estimate of drug-likeness (QED) is 0.894. The zero-order valence-corrected chi connectivity index (χ0v) is 14.3. The molecule has 0 spiro atoms. The Balaban J connectivity index is 2.13. The number of likely N-dealkylation sites (tertiary alicyclic amines) is 1. The molecule has 1 amide bonds. The van der Waals surface area contributed by atoms with Crippen LogP contribution in [-0.2, 0) is 14.8 Å². The molecule has 1 N–H and O–H groups in total. The molecule has 0 bridgehead atoms. The van der Waals surface area contributed by atoms with Crippen LogP contribution in [0.25, 0.3) is 6.08 Å². The number of sulfonamides is 1. The van der Waals surface area contributed by atoms with E-state index in [-0.39, 0.29) is 11.9 Å². The highest BCUT2D eigenvalue weighted by Crippen LogP contribution is 2.19. The predicted molar refractivity (Wildman–Crippen MR) is 92.3 cm³/mol. The van der Waals surface area contributed by atoms with Crippen molar-refractivity contribution >= 4 is 22.0 Å². The van der Waals surface area contributed by atoms with Gasteiger partial charge < -0.3 is 4.90 Å². The summed E-state index contributed by atoms with van der Waals surface area (Å²) in [6.07, 6.45) is 7.92. The van der Waals surface area contributed by atoms with Crippen LogP contribution in [0.5, 0.6) is 0 Å². The van der Waals surface area contributed by atoms with Gasteiger partial charge in [0.15, 0.2) is 0 Å². The zero-order chi connectivity index (χ0) is 16.7. The second-order valence-electron chi connectivity index (χ2n) is 5.74. The van der Waals surface area contributed by atoms with Gasteiger partial charge in [-0.3, -0.25) is 4.79 Å². The van der Waals surface area contributed by atoms with Gasteiger partial charge in [0.2, 0.25) is 15.9 Å². The van der Waals surface area contributed by atoms with Crippen molar-refractivity contribution in [1.29, 1.82) is 0 Å². The van der Waals surface area contributed by atoms with Gasteiger partial charge >= 0.3 is 0 Å². The second-order valence-corrected chi connectivity index (χ2v) is 7.66. The first-order valence-corrected chi connectivity index (χ1v) is 9.61. The fourth-order valence-corrected chi connectivity index (χ4v) is 3.38. The Morgan fingerprint density at radius 1 is 1.26 bits per heavy atom. The lowest BCUT2D eigenvalue weighted by Crippen LogP contribution is -2.43. The van der Waals surface area contributed by atoms with Gasteiger partial charge in [-0.25, -0.2) is 13.1 Å². The van der Waals surface area contributed by atoms with Crippen molar-refractivity contribution in [3.8, 4) is 0 Å². The van der Waals surface area contributed by atoms with Crippen LogP contribution in [0, 0.1) is 0 Å². The number of rotatable bonds is 5. The van der Waals surface area contributed by atoms with Crippen molar-refractivity contribution in [2.45, 2.75) is 31.7 Å². The molecule has 0 aromatic heterocycles. The molecular formula is C17H24N2O3S. The summed E-state index contributed by atoms with van der Waals surface area (Å²) in [4.78, 5) is 14.1. The summed E-state index contributed by atoms with van der Waals surface area (Å²) in [6, 6.07) is 9.86. The second kappa shape index (κ2) is 8.26. The largest absolute Gasteiger partial charge is 0.335 e. The minimum atomic E-state index is -3.54. The summed E-state index contributed by atoms with van der Waals surface area (Å²) in [6.45, 7) is 0.613. The Labute approximate surface area is 138 Å². The Morgan fingerprint density at radius 2 is 2.00 bits per heavy atom. The summed E-state index contributed by atoms with van der Waals surface area (Å²) in [5.74, 6) is -0.817. The van der Waals surface area contributed by atoms with Gasteiger partial charge in [-0.15, -0.1) is 0 Å². The molecule has 0 saturated carbocycles. The standard InChI is InChI=1S/C17H24N2O3S/c1-18-23(21,22)14-17(20)19-13-7-3-6-10-16(19)12-11-15-8-4-2-5-9-15/h2,4-5,8-9,11-12,16,18H,3,6-7,10,13-14H2,1H3/b12-11+. The van der Waals surface area contributed by atoms with E-state index in [1.54, 1.807) is 4.90 Å². The Kier molecular flexibility index (Phi) is 6.36. The van der Waals surface area contributed by atoms with Crippen molar-refractivity contribution < 1.29 is 13.2 Å². The van der Waals surface area contributed by atoms with E-state index in [1.807, 2.05) is 42.5 Å². The van der Waals surface area contributed by atoms with Crippen LogP contribution in [0.3, 0.4) is 0 Å². The van der Waals surface area contributed by atoms with E-state index in [0.29, 0.717) is 6.54 Å². The predicted octanol–water partition coefficient (Wildman–Crippen LogP) is 2.02. The number of carbonyl (C=O) groups excluding carboxylic acids is 1. The Morgan fingerprint density at radius 3 is 2.70 bits per heavy atom. The van der Waals surface area contributed by atoms with Crippen LogP contribution < -0.4 is 4.72 Å². The van der Waals surface area contributed by atoms with Crippen LogP contribution in [0.1, 0.15) is 31.2 Å². The summed E-state index contributed by atoms with van der Waals surface area (Å²) < 4.78 is 25.5. The van der Waals surface area contributed by atoms with Crippen molar-refractivity contribution in [1.82, 2.24) is 9.62 Å². The van der Waals surface area contributed by atoms with Crippen LogP contribution in [0.4, 0.5) is 0 Å². The number of benzene rings is 1. The molecule has 23 heavy (non-hydrogen) atoms. The number of nitrogens with one attached hydrogen (secondary N) is 1. The fourth-order valence-electron chi connectivity index (χ4n) is 2.75. The number of nitrogens with zero attached hydrogens (tertiary/aromatic N) is 1. The van der Waals surface area contributed by atoms with Gasteiger partial charge in [0.25, 0.3) is 0 Å². The lowest BCUT2D eigenvalue weighted by atomic mass is 10.1.